The van der Waals surface area contributed by atoms with E-state index in [0.717, 1.165) is 35.6 Å². The molecule has 0 radical (unpaired) electrons. The third kappa shape index (κ3) is 6.61. The molecule has 23 nitrogen and oxygen atoms in total. The fourth-order valence-electron chi connectivity index (χ4n) is 4.93. The van der Waals surface area contributed by atoms with E-state index in [0.29, 0.717) is 0 Å². The average Bonchev–Trinajstić information content (AvgIpc) is 3.61. The van der Waals surface area contributed by atoms with Crippen LogP contribution in [0.5, 0.6) is 0 Å². The van der Waals surface area contributed by atoms with Crippen molar-refractivity contribution < 1.29 is 57.3 Å². The Hall–Kier alpha value is -4.35. The Morgan fingerprint density at radius 3 is 2.28 bits per heavy atom. The predicted octanol–water partition coefficient (Wildman–Crippen LogP) is -3.55. The number of aromatic nitrogens is 7. The molecular weight excluding hydrogens is 645 g/mol. The lowest BCUT2D eigenvalue weighted by molar-refractivity contribution is -0.156. The van der Waals surface area contributed by atoms with E-state index in [9.17, 15) is 38.8 Å². The van der Waals surface area contributed by atoms with Gasteiger partial charge in [0.05, 0.1) is 19.5 Å². The zero-order valence-electron chi connectivity index (χ0n) is 23.8. The van der Waals surface area contributed by atoms with E-state index in [4.69, 9.17) is 39.5 Å². The number of ether oxygens (including phenoxy) is 4. The molecule has 46 heavy (non-hydrogen) atoms. The first-order chi connectivity index (χ1) is 21.7. The number of esters is 2. The number of phosphoric acid groups is 1. The van der Waals surface area contributed by atoms with E-state index >= 15 is 0 Å². The average molecular weight is 673 g/mol. The Balaban J connectivity index is 1.36. The zero-order valence-corrected chi connectivity index (χ0v) is 24.7. The Kier molecular flexibility index (Phi) is 9.19. The lowest BCUT2D eigenvalue weighted by Crippen LogP contribution is -2.40. The highest BCUT2D eigenvalue weighted by molar-refractivity contribution is 7.47. The third-order valence-electron chi connectivity index (χ3n) is 6.78. The number of aliphatic hydroxyl groups is 2. The Bertz CT molecular complexity index is 1800. The Morgan fingerprint density at radius 2 is 1.63 bits per heavy atom. The minimum atomic E-state index is -5.18. The van der Waals surface area contributed by atoms with Crippen LogP contribution in [0.25, 0.3) is 11.2 Å². The summed E-state index contributed by atoms with van der Waals surface area (Å²) in [5.41, 5.74) is 9.14. The van der Waals surface area contributed by atoms with Crippen molar-refractivity contribution in [1.82, 2.24) is 34.1 Å². The second-order valence-corrected chi connectivity index (χ2v) is 11.4. The maximum Gasteiger partial charge on any atom is 0.472 e. The molecule has 2 fully saturated rings. The second-order valence-electron chi connectivity index (χ2n) is 9.97. The maximum atomic E-state index is 13.2. The molecule has 3 aromatic rings. The zero-order chi connectivity index (χ0) is 33.5. The van der Waals surface area contributed by atoms with Crippen LogP contribution in [0.3, 0.4) is 0 Å². The summed E-state index contributed by atoms with van der Waals surface area (Å²) >= 11 is 0. The number of nitrogens with one attached hydrogen (secondary N) is 1. The highest BCUT2D eigenvalue weighted by atomic mass is 31.2. The first kappa shape index (κ1) is 33.0. The third-order valence-corrected chi connectivity index (χ3v) is 7.77. The van der Waals surface area contributed by atoms with Crippen LogP contribution in [0.1, 0.15) is 26.3 Å². The number of fused-ring (bicyclic) bond motifs is 1. The molecule has 0 spiro atoms. The van der Waals surface area contributed by atoms with Gasteiger partial charge in [0.25, 0.3) is 5.56 Å². The van der Waals surface area contributed by atoms with Gasteiger partial charge in [0, 0.05) is 13.8 Å². The Morgan fingerprint density at radius 1 is 1.00 bits per heavy atom. The van der Waals surface area contributed by atoms with Crippen LogP contribution < -0.4 is 22.7 Å². The van der Waals surface area contributed by atoms with Crippen molar-refractivity contribution in [1.29, 1.82) is 0 Å². The highest BCUT2D eigenvalue weighted by Crippen LogP contribution is 2.50. The number of H-pyrrole nitrogens is 1. The van der Waals surface area contributed by atoms with E-state index in [1.165, 1.54) is 0 Å². The summed E-state index contributed by atoms with van der Waals surface area (Å²) in [6.45, 7) is 0.394. The van der Waals surface area contributed by atoms with Gasteiger partial charge in [-0.3, -0.25) is 37.5 Å². The smallest absolute Gasteiger partial charge is 0.455 e. The van der Waals surface area contributed by atoms with Gasteiger partial charge in [-0.05, 0) is 0 Å². The second kappa shape index (κ2) is 12.8. The molecule has 24 heteroatoms. The minimum Gasteiger partial charge on any atom is -0.455 e. The van der Waals surface area contributed by atoms with Gasteiger partial charge < -0.3 is 45.5 Å². The van der Waals surface area contributed by atoms with Gasteiger partial charge in [0.2, 0.25) is 11.9 Å². The molecular formula is C22H28N9O14P. The number of carbonyl (C=O) groups excluding carboxylic acids is 2. The van der Waals surface area contributed by atoms with Crippen LogP contribution in [-0.2, 0) is 42.1 Å². The van der Waals surface area contributed by atoms with Gasteiger partial charge in [-0.15, -0.1) is 0 Å². The van der Waals surface area contributed by atoms with Crippen LogP contribution in [0.4, 0.5) is 11.9 Å². The van der Waals surface area contributed by atoms with E-state index in [1.807, 2.05) is 0 Å². The molecule has 0 aliphatic carbocycles. The van der Waals surface area contributed by atoms with E-state index in [2.05, 4.69) is 24.9 Å². The number of hydrogen-bond donors (Lipinski definition) is 6. The highest BCUT2D eigenvalue weighted by Gasteiger charge is 2.53. The van der Waals surface area contributed by atoms with Gasteiger partial charge in [-0.25, -0.2) is 19.3 Å². The number of nitrogens with two attached hydrogens (primary N) is 2. The van der Waals surface area contributed by atoms with Gasteiger partial charge >= 0.3 is 25.5 Å². The largest absolute Gasteiger partial charge is 0.472 e. The fourth-order valence-corrected chi connectivity index (χ4v) is 5.89. The Labute approximate surface area is 255 Å². The summed E-state index contributed by atoms with van der Waals surface area (Å²) in [4.78, 5) is 76.4. The molecule has 2 aliphatic heterocycles. The number of imidazole rings is 1. The quantitative estimate of drug-likeness (QED) is 0.0895. The minimum absolute atomic E-state index is 0.0981. The van der Waals surface area contributed by atoms with Crippen molar-refractivity contribution in [3.05, 3.63) is 33.5 Å². The molecule has 5 rings (SSSR count). The van der Waals surface area contributed by atoms with Gasteiger partial charge in [-0.1, -0.05) is 0 Å². The van der Waals surface area contributed by atoms with Crippen LogP contribution in [0.2, 0.25) is 0 Å². The predicted molar refractivity (Wildman–Crippen MR) is 146 cm³/mol. The molecule has 3 aromatic heterocycles. The summed E-state index contributed by atoms with van der Waals surface area (Å²) in [6, 6.07) is 0. The van der Waals surface area contributed by atoms with E-state index < -0.39 is 93.3 Å². The fraction of sp³-hybridized carbons (Fsp3) is 0.545. The van der Waals surface area contributed by atoms with Gasteiger partial charge in [-0.2, -0.15) is 9.97 Å². The van der Waals surface area contributed by atoms with Crippen molar-refractivity contribution in [2.75, 3.05) is 24.7 Å². The first-order valence-corrected chi connectivity index (χ1v) is 14.7. The number of carbonyl (C=O) groups is 2. The normalized spacial score (nSPS) is 29.1. The van der Waals surface area contributed by atoms with Crippen molar-refractivity contribution in [3.8, 4) is 0 Å². The number of nitrogens with zero attached hydrogens (tertiary/aromatic N) is 6. The SMILES string of the molecule is CC(=O)O[C@H]1C(O)[C@@H](COP(=O)(O)OC2[C@@H](CO)O[C@@H](n3cnc4c(=O)[nH]c(N)nc43)[C@H]2OC(C)=O)O[C@H]1n1cnc(N)nc1=O. The van der Waals surface area contributed by atoms with Crippen molar-refractivity contribution in [2.24, 2.45) is 0 Å². The molecule has 8 N–H and O–H groups in total. The molecule has 0 bridgehead atoms. The number of nitrogen functional groups attached to an aromatic ring is 2. The summed E-state index contributed by atoms with van der Waals surface area (Å²) in [5, 5.41) is 20.8. The van der Waals surface area contributed by atoms with E-state index in [1.54, 1.807) is 0 Å². The molecule has 0 amide bonds. The van der Waals surface area contributed by atoms with Crippen LogP contribution in [0, 0.1) is 0 Å². The van der Waals surface area contributed by atoms with Crippen molar-refractivity contribution >= 4 is 42.8 Å². The molecule has 2 aliphatic rings. The molecule has 0 aromatic carbocycles. The number of anilines is 2. The molecule has 2 saturated heterocycles. The molecule has 3 unspecified atom stereocenters. The first-order valence-electron chi connectivity index (χ1n) is 13.2. The molecule has 9 atom stereocenters. The van der Waals surface area contributed by atoms with Crippen LogP contribution in [0.15, 0.2) is 22.2 Å². The summed E-state index contributed by atoms with van der Waals surface area (Å²) in [5.74, 6) is -2.36. The monoisotopic (exact) mass is 673 g/mol. The number of aromatic amines is 1. The van der Waals surface area contributed by atoms with Gasteiger partial charge in [0.1, 0.15) is 30.7 Å². The summed E-state index contributed by atoms with van der Waals surface area (Å²) in [6.07, 6.45) is -10.1. The lowest BCUT2D eigenvalue weighted by Gasteiger charge is -2.26. The topological polar surface area (TPSA) is 331 Å². The lowest BCUT2D eigenvalue weighted by atomic mass is 10.1. The number of rotatable bonds is 10. The van der Waals surface area contributed by atoms with Crippen LogP contribution >= 0.6 is 7.82 Å². The van der Waals surface area contributed by atoms with Crippen LogP contribution in [-0.4, -0.2) is 111 Å². The van der Waals surface area contributed by atoms with Gasteiger partial charge in [0.15, 0.2) is 35.8 Å². The number of aliphatic hydroxyl groups excluding tert-OH is 2. The standard InChI is InChI=1S/C22H28N9O14P/c1-7(33)41-14-12(35)10(44-18(14)31-6-26-20(23)29-22(31)37)4-40-46(38,39)45-13-9(3-32)43-19(15(13)42-8(2)34)30-5-25-11-16(30)27-21(24)28-17(11)36/h5-6,9-10,12-15,18-19,32,35H,3-4H2,1-2H3,(H,38,39)(H2,23,29,37)(H3,24,27,28,36)/t9-,10-,12?,13?,14+,15+,18-,19-/m1/s1. The number of hydrogen-bond acceptors (Lipinski definition) is 19. The molecule has 250 valence electrons. The number of phosphoric ester groups is 1. The summed E-state index contributed by atoms with van der Waals surface area (Å²) < 4.78 is 47.3. The van der Waals surface area contributed by atoms with Crippen molar-refractivity contribution in [3.63, 3.8) is 0 Å². The molecule has 5 heterocycles. The molecule has 0 saturated carbocycles. The van der Waals surface area contributed by atoms with E-state index in [-0.39, 0.29) is 23.1 Å². The maximum absolute atomic E-state index is 13.2. The van der Waals surface area contributed by atoms with Crippen molar-refractivity contribution in [2.45, 2.75) is 62.9 Å². The summed E-state index contributed by atoms with van der Waals surface area (Å²) in [7, 11) is -5.18.